The Morgan fingerprint density at radius 3 is 1.50 bits per heavy atom. The van der Waals surface area contributed by atoms with E-state index in [4.69, 9.17) is 22.2 Å². The summed E-state index contributed by atoms with van der Waals surface area (Å²) in [6.45, 7) is 0. The second-order valence-electron chi connectivity index (χ2n) is 3.51. The first-order chi connectivity index (χ1) is 8.00. The molecule has 0 amide bonds. The van der Waals surface area contributed by atoms with Crippen LogP contribution in [0.15, 0.2) is 18.2 Å². The molecule has 0 unspecified atom stereocenters. The summed E-state index contributed by atoms with van der Waals surface area (Å²) in [6, 6.07) is 1.19. The van der Waals surface area contributed by atoms with Gasteiger partial charge in [-0.25, -0.2) is 0 Å². The van der Waals surface area contributed by atoms with Crippen molar-refractivity contribution in [2.45, 2.75) is 18.4 Å². The lowest BCUT2D eigenvalue weighted by Gasteiger charge is -2.14. The van der Waals surface area contributed by atoms with Gasteiger partial charge in [0.1, 0.15) is 0 Å². The van der Waals surface area contributed by atoms with E-state index in [1.54, 1.807) is 0 Å². The Labute approximate surface area is 110 Å². The highest BCUT2D eigenvalue weighted by atomic mass is 35.7. The van der Waals surface area contributed by atoms with E-state index in [0.29, 0.717) is 12.1 Å². The van der Waals surface area contributed by atoms with E-state index in [9.17, 15) is 26.3 Å². The van der Waals surface area contributed by atoms with Crippen molar-refractivity contribution in [1.82, 2.24) is 0 Å². The normalized spacial score (nSPS) is 13.2. The van der Waals surface area contributed by atoms with Gasteiger partial charge in [0.25, 0.3) is 0 Å². The number of hydrogen-bond donors (Lipinski definition) is 0. The number of rotatable bonds is 2. The lowest BCUT2D eigenvalue weighted by molar-refractivity contribution is -0.143. The van der Waals surface area contributed by atoms with Crippen LogP contribution >= 0.6 is 22.2 Å². The van der Waals surface area contributed by atoms with E-state index < -0.39 is 30.9 Å². The average molecular weight is 327 g/mol. The summed E-state index contributed by atoms with van der Waals surface area (Å²) >= 11 is 11.0. The fraction of sp³-hybridized carbons (Fsp3) is 0.333. The molecule has 0 saturated heterocycles. The first-order valence-electron chi connectivity index (χ1n) is 4.56. The number of alkyl halides is 6. The summed E-state index contributed by atoms with van der Waals surface area (Å²) in [5.74, 6) is 0. The van der Waals surface area contributed by atoms with Crippen molar-refractivity contribution in [1.29, 1.82) is 0 Å². The minimum absolute atomic E-state index is 0.0719. The van der Waals surface area contributed by atoms with Gasteiger partial charge in [-0.2, -0.15) is 26.3 Å². The Hall–Kier alpha value is -0.403. The maximum atomic E-state index is 12.5. The number of hydrogen-bond acceptors (Lipinski definition) is 0. The predicted molar refractivity (Wildman–Crippen MR) is 59.0 cm³/mol. The van der Waals surface area contributed by atoms with Crippen LogP contribution in [0.1, 0.15) is 16.7 Å². The van der Waals surface area contributed by atoms with Gasteiger partial charge in [-0.1, -0.05) is 0 Å². The van der Waals surface area contributed by atoms with Crippen LogP contribution in [-0.4, -0.2) is 7.42 Å². The van der Waals surface area contributed by atoms with Gasteiger partial charge in [0, 0.05) is 0 Å². The quantitative estimate of drug-likeness (QED) is 0.426. The highest BCUT2D eigenvalue weighted by Gasteiger charge is 2.36. The fourth-order valence-electron chi connectivity index (χ4n) is 1.32. The van der Waals surface area contributed by atoms with Crippen LogP contribution in [0.2, 0.25) is 0 Å². The predicted octanol–water partition coefficient (Wildman–Crippen LogP) is 4.50. The first-order valence-corrected chi connectivity index (χ1v) is 8.87. The molecule has 0 saturated carbocycles. The van der Waals surface area contributed by atoms with Crippen LogP contribution in [0.3, 0.4) is 0 Å². The van der Waals surface area contributed by atoms with E-state index in [0.717, 1.165) is 0 Å². The first kappa shape index (κ1) is 15.7. The zero-order valence-electron chi connectivity index (χ0n) is 8.54. The van der Waals surface area contributed by atoms with Gasteiger partial charge >= 0.3 is 12.4 Å². The molecule has 0 nitrogen and oxygen atoms in total. The van der Waals surface area contributed by atoms with E-state index in [-0.39, 0.29) is 17.7 Å². The van der Waals surface area contributed by atoms with Crippen molar-refractivity contribution >= 4 is 29.6 Å². The molecule has 9 heteroatoms. The SMILES string of the molecule is FC(F)(F)c1cc(C[SiH](Cl)Cl)cc(C(F)(F)F)c1. The minimum Gasteiger partial charge on any atom is -0.166 e. The van der Waals surface area contributed by atoms with Crippen LogP contribution in [0, 0.1) is 0 Å². The Morgan fingerprint density at radius 2 is 1.22 bits per heavy atom. The van der Waals surface area contributed by atoms with Crippen LogP contribution < -0.4 is 0 Å². The second kappa shape index (κ2) is 5.30. The molecule has 0 aliphatic rings. The largest absolute Gasteiger partial charge is 0.416 e. The van der Waals surface area contributed by atoms with Crippen LogP contribution in [0.5, 0.6) is 0 Å². The molecule has 18 heavy (non-hydrogen) atoms. The molecule has 0 N–H and O–H groups in total. The minimum atomic E-state index is -4.84. The molecule has 0 radical (unpaired) electrons. The van der Waals surface area contributed by atoms with Crippen molar-refractivity contribution in [3.8, 4) is 0 Å². The lowest BCUT2D eigenvalue weighted by atomic mass is 10.1. The Balaban J connectivity index is 3.29. The summed E-state index contributed by atoms with van der Waals surface area (Å²) < 4.78 is 74.7. The molecule has 0 heterocycles. The molecule has 0 aromatic heterocycles. The highest BCUT2D eigenvalue weighted by Crippen LogP contribution is 2.36. The van der Waals surface area contributed by atoms with Gasteiger partial charge in [0.2, 0.25) is 7.42 Å². The van der Waals surface area contributed by atoms with Crippen molar-refractivity contribution in [2.24, 2.45) is 0 Å². The van der Waals surface area contributed by atoms with Gasteiger partial charge < -0.3 is 0 Å². The molecule has 0 fully saturated rings. The number of benzene rings is 1. The summed E-state index contributed by atoms with van der Waals surface area (Å²) in [6.07, 6.45) is -9.68. The second-order valence-corrected chi connectivity index (χ2v) is 8.53. The molecule has 0 atom stereocenters. The van der Waals surface area contributed by atoms with Gasteiger partial charge in [0.15, 0.2) is 0 Å². The van der Waals surface area contributed by atoms with Crippen molar-refractivity contribution < 1.29 is 26.3 Å². The molecular weight excluding hydrogens is 321 g/mol. The summed E-state index contributed by atoms with van der Waals surface area (Å²) in [7, 11) is -2.34. The van der Waals surface area contributed by atoms with Crippen LogP contribution in [0.25, 0.3) is 0 Å². The van der Waals surface area contributed by atoms with Crippen LogP contribution in [-0.2, 0) is 18.4 Å². The smallest absolute Gasteiger partial charge is 0.166 e. The van der Waals surface area contributed by atoms with E-state index >= 15 is 0 Å². The Morgan fingerprint density at radius 1 is 0.833 bits per heavy atom. The molecule has 1 aromatic carbocycles. The zero-order valence-corrected chi connectivity index (χ0v) is 11.2. The summed E-state index contributed by atoms with van der Waals surface area (Å²) in [4.78, 5) is 0. The maximum absolute atomic E-state index is 12.5. The van der Waals surface area contributed by atoms with Crippen LogP contribution in [0.4, 0.5) is 26.3 Å². The van der Waals surface area contributed by atoms with Gasteiger partial charge in [0.05, 0.1) is 11.1 Å². The average Bonchev–Trinajstić information content (AvgIpc) is 2.13. The fourth-order valence-corrected chi connectivity index (χ4v) is 2.98. The summed E-state index contributed by atoms with van der Waals surface area (Å²) in [5, 5.41) is 0. The highest BCUT2D eigenvalue weighted by molar-refractivity contribution is 7.33. The Bertz CT molecular complexity index is 394. The van der Waals surface area contributed by atoms with E-state index in [1.165, 1.54) is 0 Å². The monoisotopic (exact) mass is 326 g/mol. The standard InChI is InChI=1S/C9H6Cl2F6Si/c10-18(11)4-5-1-6(8(12,13)14)3-7(2-5)9(15,16)17/h1-3,18H,4H2. The van der Waals surface area contributed by atoms with Gasteiger partial charge in [-0.05, 0) is 29.8 Å². The number of halogens is 8. The van der Waals surface area contributed by atoms with Gasteiger partial charge in [-0.15, -0.1) is 22.2 Å². The zero-order chi connectivity index (χ0) is 14.1. The third kappa shape index (κ3) is 4.36. The lowest BCUT2D eigenvalue weighted by Crippen LogP contribution is -2.13. The topological polar surface area (TPSA) is 0 Å². The molecule has 1 rings (SSSR count). The Kier molecular flexibility index (Phi) is 4.61. The van der Waals surface area contributed by atoms with Crippen molar-refractivity contribution in [3.05, 3.63) is 34.9 Å². The molecular formula is C9H6Cl2F6Si. The maximum Gasteiger partial charge on any atom is 0.416 e. The molecule has 0 aliphatic heterocycles. The molecule has 102 valence electrons. The molecule has 0 bridgehead atoms. The molecule has 0 aliphatic carbocycles. The third-order valence-corrected chi connectivity index (χ3v) is 3.74. The van der Waals surface area contributed by atoms with Crippen molar-refractivity contribution in [2.75, 3.05) is 0 Å². The van der Waals surface area contributed by atoms with E-state index in [1.807, 2.05) is 0 Å². The van der Waals surface area contributed by atoms with Gasteiger partial charge in [-0.3, -0.25) is 0 Å². The molecule has 1 aromatic rings. The van der Waals surface area contributed by atoms with E-state index in [2.05, 4.69) is 0 Å². The van der Waals surface area contributed by atoms with Crippen molar-refractivity contribution in [3.63, 3.8) is 0 Å². The summed E-state index contributed by atoms with van der Waals surface area (Å²) in [5.41, 5.74) is -2.86. The molecule has 0 spiro atoms. The third-order valence-electron chi connectivity index (χ3n) is 2.04.